The van der Waals surface area contributed by atoms with E-state index >= 15 is 0 Å². The minimum absolute atomic E-state index is 0.101. The Labute approximate surface area is 152 Å². The smallest absolute Gasteiger partial charge is 0.296 e. The summed E-state index contributed by atoms with van der Waals surface area (Å²) < 4.78 is 5.24. The van der Waals surface area contributed by atoms with E-state index in [9.17, 15) is 4.79 Å². The van der Waals surface area contributed by atoms with Gasteiger partial charge in [0, 0.05) is 29.9 Å². The van der Waals surface area contributed by atoms with Crippen molar-refractivity contribution in [2.75, 3.05) is 25.1 Å². The van der Waals surface area contributed by atoms with Gasteiger partial charge in [-0.3, -0.25) is 4.79 Å². The number of aromatic nitrogens is 1. The summed E-state index contributed by atoms with van der Waals surface area (Å²) in [4.78, 5) is 20.2. The van der Waals surface area contributed by atoms with Crippen LogP contribution in [0.15, 0.2) is 24.3 Å². The Bertz CT molecular complexity index is 815. The first-order chi connectivity index (χ1) is 12.1. The van der Waals surface area contributed by atoms with Crippen molar-refractivity contribution in [1.29, 1.82) is 0 Å². The lowest BCUT2D eigenvalue weighted by molar-refractivity contribution is -0.116. The van der Waals surface area contributed by atoms with Crippen molar-refractivity contribution in [2.24, 2.45) is 0 Å². The molecule has 1 amide bonds. The summed E-state index contributed by atoms with van der Waals surface area (Å²) in [5.74, 6) is 5.95. The van der Waals surface area contributed by atoms with Gasteiger partial charge in [0.25, 0.3) is 5.91 Å². The predicted octanol–water partition coefficient (Wildman–Crippen LogP) is 2.52. The number of amides is 1. The minimum atomic E-state index is -0.260. The number of hydrogen-bond acceptors (Lipinski definition) is 5. The molecular weight excluding hydrogens is 334 g/mol. The van der Waals surface area contributed by atoms with E-state index in [4.69, 9.17) is 4.74 Å². The molecule has 0 aliphatic carbocycles. The zero-order valence-electron chi connectivity index (χ0n) is 14.6. The fourth-order valence-electron chi connectivity index (χ4n) is 2.74. The molecule has 6 heteroatoms. The number of nitrogens with one attached hydrogen (secondary N) is 1. The number of anilines is 1. The van der Waals surface area contributed by atoms with E-state index in [0.29, 0.717) is 11.3 Å². The lowest BCUT2D eigenvalue weighted by Crippen LogP contribution is -2.36. The topological polar surface area (TPSA) is 54.5 Å². The first-order valence-electron chi connectivity index (χ1n) is 8.21. The Kier molecular flexibility index (Phi) is 5.25. The quantitative estimate of drug-likeness (QED) is 0.860. The number of carbonyl (C=O) groups is 1. The Balaban J connectivity index is 1.58. The van der Waals surface area contributed by atoms with Crippen LogP contribution in [-0.2, 0) is 4.79 Å². The average molecular weight is 355 g/mol. The highest BCUT2D eigenvalue weighted by Crippen LogP contribution is 2.27. The average Bonchev–Trinajstić information content (AvgIpc) is 3.20. The zero-order chi connectivity index (χ0) is 17.8. The molecule has 2 aromatic rings. The lowest BCUT2D eigenvalue weighted by Gasteiger charge is -2.14. The molecule has 3 rings (SSSR count). The summed E-state index contributed by atoms with van der Waals surface area (Å²) in [6.07, 6.45) is 0.903. The van der Waals surface area contributed by atoms with Crippen molar-refractivity contribution in [1.82, 2.24) is 10.3 Å². The van der Waals surface area contributed by atoms with Gasteiger partial charge in [0.15, 0.2) is 5.13 Å². The first kappa shape index (κ1) is 17.3. The van der Waals surface area contributed by atoms with E-state index < -0.39 is 0 Å². The molecule has 1 aromatic carbocycles. The summed E-state index contributed by atoms with van der Waals surface area (Å²) in [6.45, 7) is 5.78. The van der Waals surface area contributed by atoms with E-state index in [0.717, 1.165) is 30.3 Å². The standard InChI is InChI=1S/C19H21N3O2S/c1-13-14(2)25-19(20-13)22-11-10-16(12-22)21-18(23)9-8-15-6-4-5-7-17(15)24-3/h4-7,16H,10-12H2,1-3H3,(H,21,23). The lowest BCUT2D eigenvalue weighted by atomic mass is 10.2. The molecule has 130 valence electrons. The van der Waals surface area contributed by atoms with Crippen molar-refractivity contribution < 1.29 is 9.53 Å². The van der Waals surface area contributed by atoms with Gasteiger partial charge in [-0.25, -0.2) is 4.98 Å². The number of thiazole rings is 1. The zero-order valence-corrected chi connectivity index (χ0v) is 15.4. The van der Waals surface area contributed by atoms with Crippen LogP contribution in [0, 0.1) is 25.7 Å². The van der Waals surface area contributed by atoms with E-state index in [1.807, 2.05) is 31.2 Å². The van der Waals surface area contributed by atoms with Crippen LogP contribution in [0.4, 0.5) is 5.13 Å². The highest BCUT2D eigenvalue weighted by atomic mass is 32.1. The van der Waals surface area contributed by atoms with Crippen LogP contribution in [0.3, 0.4) is 0 Å². The molecular formula is C19H21N3O2S. The SMILES string of the molecule is COc1ccccc1C#CC(=O)NC1CCN(c2nc(C)c(C)s2)C1. The first-order valence-corrected chi connectivity index (χ1v) is 9.03. The fraction of sp³-hybridized carbons (Fsp3) is 0.368. The second-order valence-corrected chi connectivity index (χ2v) is 7.18. The summed E-state index contributed by atoms with van der Waals surface area (Å²) in [5.41, 5.74) is 1.79. The van der Waals surface area contributed by atoms with Gasteiger partial charge in [-0.1, -0.05) is 18.1 Å². The molecule has 0 bridgehead atoms. The van der Waals surface area contributed by atoms with Crippen LogP contribution in [0.25, 0.3) is 0 Å². The number of aryl methyl sites for hydroxylation is 2. The third-order valence-corrected chi connectivity index (χ3v) is 5.36. The van der Waals surface area contributed by atoms with Crippen molar-refractivity contribution in [3.8, 4) is 17.6 Å². The second-order valence-electron chi connectivity index (χ2n) is 5.99. The predicted molar refractivity (Wildman–Crippen MR) is 100 cm³/mol. The maximum atomic E-state index is 12.1. The number of carbonyl (C=O) groups excluding carboxylic acids is 1. The van der Waals surface area contributed by atoms with Crippen molar-refractivity contribution in [3.05, 3.63) is 40.4 Å². The van der Waals surface area contributed by atoms with E-state index in [2.05, 4.69) is 34.0 Å². The molecule has 0 spiro atoms. The van der Waals surface area contributed by atoms with E-state index in [-0.39, 0.29) is 11.9 Å². The number of hydrogen-bond donors (Lipinski definition) is 1. The monoisotopic (exact) mass is 355 g/mol. The minimum Gasteiger partial charge on any atom is -0.495 e. The van der Waals surface area contributed by atoms with Gasteiger partial charge in [0.2, 0.25) is 0 Å². The summed E-state index contributed by atoms with van der Waals surface area (Å²) in [6, 6.07) is 7.51. The van der Waals surface area contributed by atoms with Gasteiger partial charge in [0.1, 0.15) is 5.75 Å². The normalized spacial score (nSPS) is 16.3. The molecule has 1 atom stereocenters. The number of para-hydroxylation sites is 1. The number of methoxy groups -OCH3 is 1. The van der Waals surface area contributed by atoms with E-state index in [1.165, 1.54) is 4.88 Å². The summed E-state index contributed by atoms with van der Waals surface area (Å²) in [5, 5.41) is 4.02. The number of nitrogens with zero attached hydrogens (tertiary/aromatic N) is 2. The molecule has 0 saturated carbocycles. The van der Waals surface area contributed by atoms with Crippen LogP contribution >= 0.6 is 11.3 Å². The molecule has 0 radical (unpaired) electrons. The van der Waals surface area contributed by atoms with Crippen LogP contribution in [-0.4, -0.2) is 37.1 Å². The van der Waals surface area contributed by atoms with Crippen LogP contribution in [0.2, 0.25) is 0 Å². The maximum absolute atomic E-state index is 12.1. The highest BCUT2D eigenvalue weighted by Gasteiger charge is 2.25. The van der Waals surface area contributed by atoms with Crippen LogP contribution in [0.1, 0.15) is 22.6 Å². The third-order valence-electron chi connectivity index (χ3n) is 4.23. The molecule has 1 N–H and O–H groups in total. The fourth-order valence-corrected chi connectivity index (χ4v) is 3.68. The van der Waals surface area contributed by atoms with Gasteiger partial charge >= 0.3 is 0 Å². The Morgan fingerprint density at radius 3 is 2.92 bits per heavy atom. The second kappa shape index (κ2) is 7.58. The van der Waals surface area contributed by atoms with Crippen LogP contribution < -0.4 is 15.0 Å². The highest BCUT2D eigenvalue weighted by molar-refractivity contribution is 7.15. The Hall–Kier alpha value is -2.52. The molecule has 1 aliphatic heterocycles. The van der Waals surface area contributed by atoms with Gasteiger partial charge in [-0.2, -0.15) is 0 Å². The number of rotatable bonds is 3. The molecule has 1 unspecified atom stereocenters. The third kappa shape index (κ3) is 4.12. The number of ether oxygens (including phenoxy) is 1. The van der Waals surface area contributed by atoms with Crippen LogP contribution in [0.5, 0.6) is 5.75 Å². The van der Waals surface area contributed by atoms with Gasteiger partial charge in [-0.15, -0.1) is 11.3 Å². The molecule has 1 fully saturated rings. The van der Waals surface area contributed by atoms with Gasteiger partial charge in [-0.05, 0) is 32.4 Å². The summed E-state index contributed by atoms with van der Waals surface area (Å²) in [7, 11) is 1.59. The largest absolute Gasteiger partial charge is 0.495 e. The van der Waals surface area contributed by atoms with Crippen molar-refractivity contribution in [2.45, 2.75) is 26.3 Å². The Morgan fingerprint density at radius 1 is 1.40 bits per heavy atom. The number of benzene rings is 1. The molecule has 5 nitrogen and oxygen atoms in total. The molecule has 1 saturated heterocycles. The maximum Gasteiger partial charge on any atom is 0.296 e. The van der Waals surface area contributed by atoms with Gasteiger partial charge in [0.05, 0.1) is 18.4 Å². The molecule has 1 aliphatic rings. The van der Waals surface area contributed by atoms with Gasteiger partial charge < -0.3 is 15.0 Å². The molecule has 25 heavy (non-hydrogen) atoms. The van der Waals surface area contributed by atoms with E-state index in [1.54, 1.807) is 18.4 Å². The van der Waals surface area contributed by atoms with Crippen molar-refractivity contribution in [3.63, 3.8) is 0 Å². The molecule has 2 heterocycles. The van der Waals surface area contributed by atoms with Crippen molar-refractivity contribution >= 4 is 22.4 Å². The summed E-state index contributed by atoms with van der Waals surface area (Å²) >= 11 is 1.70. The Morgan fingerprint density at radius 2 is 2.20 bits per heavy atom. The molecule has 1 aromatic heterocycles.